The van der Waals surface area contributed by atoms with Gasteiger partial charge in [0.05, 0.1) is 15.7 Å². The van der Waals surface area contributed by atoms with E-state index in [9.17, 15) is 4.39 Å². The number of furan rings is 1. The first-order valence-electron chi connectivity index (χ1n) is 18.4. The predicted molar refractivity (Wildman–Crippen MR) is 229 cm³/mol. The molecule has 0 saturated heterocycles. The molecule has 0 aliphatic carbocycles. The minimum Gasteiger partial charge on any atom is -0.454 e. The maximum absolute atomic E-state index is 13.8. The van der Waals surface area contributed by atoms with Crippen LogP contribution < -0.4 is 4.90 Å². The quantitative estimate of drug-likeness (QED) is 0.170. The number of anilines is 3. The first-order chi connectivity index (χ1) is 27.2. The fourth-order valence-electron chi connectivity index (χ4n) is 8.04. The molecule has 0 fully saturated rings. The lowest BCUT2D eigenvalue weighted by molar-refractivity contribution is 0.627. The van der Waals surface area contributed by atoms with Crippen LogP contribution in [-0.4, -0.2) is 4.57 Å². The summed E-state index contributed by atoms with van der Waals surface area (Å²) >= 11 is 1.80. The van der Waals surface area contributed by atoms with Crippen LogP contribution in [0.2, 0.25) is 0 Å². The van der Waals surface area contributed by atoms with Gasteiger partial charge in [-0.05, 0) is 125 Å². The van der Waals surface area contributed by atoms with Gasteiger partial charge in [0.15, 0.2) is 5.58 Å². The van der Waals surface area contributed by atoms with Crippen molar-refractivity contribution in [2.24, 2.45) is 0 Å². The normalized spacial score (nSPS) is 11.7. The molecule has 0 aliphatic heterocycles. The SMILES string of the molecule is Fc1ccc(-n2c3ccccc3c3cc(-c4ccc(N(c5ccccc5)c5ccc(-c6ccc7c(c6)sc6c8ccccc8oc76)cc5)cc4)ccc32)cc1. The Labute approximate surface area is 320 Å². The minimum absolute atomic E-state index is 0.240. The summed E-state index contributed by atoms with van der Waals surface area (Å²) in [4.78, 5) is 2.30. The molecule has 0 radical (unpaired) electrons. The Morgan fingerprint density at radius 1 is 0.455 bits per heavy atom. The summed E-state index contributed by atoms with van der Waals surface area (Å²) in [6.45, 7) is 0. The van der Waals surface area contributed by atoms with Gasteiger partial charge in [-0.1, -0.05) is 84.9 Å². The summed E-state index contributed by atoms with van der Waals surface area (Å²) in [6, 6.07) is 64.9. The van der Waals surface area contributed by atoms with Crippen LogP contribution in [0.1, 0.15) is 0 Å². The van der Waals surface area contributed by atoms with Gasteiger partial charge < -0.3 is 13.9 Å². The van der Waals surface area contributed by atoms with Gasteiger partial charge in [0, 0.05) is 49.0 Å². The van der Waals surface area contributed by atoms with Crippen molar-refractivity contribution < 1.29 is 8.81 Å². The number of rotatable bonds is 6. The highest BCUT2D eigenvalue weighted by molar-refractivity contribution is 7.26. The van der Waals surface area contributed by atoms with E-state index in [1.807, 2.05) is 24.3 Å². The average molecular weight is 727 g/mol. The van der Waals surface area contributed by atoms with E-state index in [0.29, 0.717) is 0 Å². The van der Waals surface area contributed by atoms with Crippen LogP contribution in [-0.2, 0) is 0 Å². The minimum atomic E-state index is -0.240. The molecule has 0 saturated carbocycles. The summed E-state index contributed by atoms with van der Waals surface area (Å²) < 4.78 is 24.7. The van der Waals surface area contributed by atoms with Crippen LogP contribution >= 0.6 is 11.3 Å². The molecular weight excluding hydrogens is 696 g/mol. The molecule has 0 unspecified atom stereocenters. The number of nitrogens with zero attached hydrogens (tertiary/aromatic N) is 2. The molecule has 55 heavy (non-hydrogen) atoms. The number of thiophene rings is 1. The molecule has 0 bridgehead atoms. The summed E-state index contributed by atoms with van der Waals surface area (Å²) in [5.74, 6) is -0.240. The molecule has 0 atom stereocenters. The molecule has 0 amide bonds. The number of hydrogen-bond acceptors (Lipinski definition) is 3. The third-order valence-electron chi connectivity index (χ3n) is 10.7. The number of para-hydroxylation sites is 3. The van der Waals surface area contributed by atoms with Crippen molar-refractivity contribution >= 4 is 81.5 Å². The average Bonchev–Trinajstić information content (AvgIpc) is 3.90. The summed E-state index contributed by atoms with van der Waals surface area (Å²) in [5.41, 5.74) is 12.9. The van der Waals surface area contributed by atoms with Crippen LogP contribution in [0, 0.1) is 5.82 Å². The highest BCUT2D eigenvalue weighted by Gasteiger charge is 2.17. The molecule has 0 N–H and O–H groups in total. The maximum Gasteiger partial charge on any atom is 0.154 e. The third kappa shape index (κ3) is 5.24. The molecule has 11 rings (SSSR count). The van der Waals surface area contributed by atoms with Crippen LogP contribution in [0.3, 0.4) is 0 Å². The van der Waals surface area contributed by atoms with Crippen LogP contribution in [0.15, 0.2) is 192 Å². The Morgan fingerprint density at radius 3 is 1.78 bits per heavy atom. The van der Waals surface area contributed by atoms with Gasteiger partial charge in [-0.2, -0.15) is 0 Å². The van der Waals surface area contributed by atoms with Gasteiger partial charge in [-0.3, -0.25) is 0 Å². The molecule has 3 nitrogen and oxygen atoms in total. The predicted octanol–water partition coefficient (Wildman–Crippen LogP) is 14.8. The van der Waals surface area contributed by atoms with Gasteiger partial charge >= 0.3 is 0 Å². The summed E-state index contributed by atoms with van der Waals surface area (Å²) in [5, 5.41) is 4.66. The third-order valence-corrected chi connectivity index (χ3v) is 11.8. The molecule has 11 aromatic rings. The fourth-order valence-corrected chi connectivity index (χ4v) is 9.23. The van der Waals surface area contributed by atoms with Crippen molar-refractivity contribution in [3.63, 3.8) is 0 Å². The Hall–Kier alpha value is -6.95. The smallest absolute Gasteiger partial charge is 0.154 e. The first-order valence-corrected chi connectivity index (χ1v) is 19.2. The van der Waals surface area contributed by atoms with Gasteiger partial charge in [0.25, 0.3) is 0 Å². The summed E-state index contributed by atoms with van der Waals surface area (Å²) in [7, 11) is 0. The Kier molecular flexibility index (Phi) is 7.22. The van der Waals surface area contributed by atoms with Crippen LogP contribution in [0.4, 0.5) is 21.5 Å². The van der Waals surface area contributed by atoms with E-state index in [2.05, 4.69) is 161 Å². The van der Waals surface area contributed by atoms with E-state index in [0.717, 1.165) is 72.2 Å². The lowest BCUT2D eigenvalue weighted by Crippen LogP contribution is -2.09. The number of hydrogen-bond donors (Lipinski definition) is 0. The zero-order valence-electron chi connectivity index (χ0n) is 29.5. The molecule has 3 aromatic heterocycles. The second-order valence-corrected chi connectivity index (χ2v) is 14.9. The number of benzene rings is 8. The lowest BCUT2D eigenvalue weighted by Gasteiger charge is -2.26. The van der Waals surface area contributed by atoms with Gasteiger partial charge in [0.2, 0.25) is 0 Å². The number of fused-ring (bicyclic) bond motifs is 8. The molecule has 260 valence electrons. The Balaban J connectivity index is 0.933. The van der Waals surface area contributed by atoms with Crippen molar-refractivity contribution in [1.29, 1.82) is 0 Å². The highest BCUT2D eigenvalue weighted by Crippen LogP contribution is 2.43. The second kappa shape index (κ2) is 12.6. The maximum atomic E-state index is 13.8. The highest BCUT2D eigenvalue weighted by atomic mass is 32.1. The van der Waals surface area contributed by atoms with Gasteiger partial charge in [-0.25, -0.2) is 4.39 Å². The van der Waals surface area contributed by atoms with Crippen LogP contribution in [0.25, 0.3) is 81.1 Å². The molecule has 0 spiro atoms. The zero-order chi connectivity index (χ0) is 36.5. The second-order valence-electron chi connectivity index (χ2n) is 13.9. The fraction of sp³-hybridized carbons (Fsp3) is 0. The van der Waals surface area contributed by atoms with Crippen molar-refractivity contribution in [1.82, 2.24) is 4.57 Å². The van der Waals surface area contributed by atoms with Gasteiger partial charge in [0.1, 0.15) is 11.4 Å². The lowest BCUT2D eigenvalue weighted by atomic mass is 10.0. The van der Waals surface area contributed by atoms with Crippen molar-refractivity contribution in [2.75, 3.05) is 4.90 Å². The zero-order valence-corrected chi connectivity index (χ0v) is 30.3. The topological polar surface area (TPSA) is 21.3 Å². The van der Waals surface area contributed by atoms with E-state index < -0.39 is 0 Å². The summed E-state index contributed by atoms with van der Waals surface area (Å²) in [6.07, 6.45) is 0. The van der Waals surface area contributed by atoms with E-state index >= 15 is 0 Å². The van der Waals surface area contributed by atoms with Gasteiger partial charge in [-0.15, -0.1) is 11.3 Å². The van der Waals surface area contributed by atoms with E-state index in [1.54, 1.807) is 11.3 Å². The largest absolute Gasteiger partial charge is 0.454 e. The van der Waals surface area contributed by atoms with E-state index in [4.69, 9.17) is 4.42 Å². The Bertz CT molecular complexity index is 3190. The monoisotopic (exact) mass is 726 g/mol. The van der Waals surface area contributed by atoms with Crippen LogP contribution in [0.5, 0.6) is 0 Å². The number of halogens is 1. The Morgan fingerprint density at radius 2 is 1.04 bits per heavy atom. The first kappa shape index (κ1) is 31.6. The van der Waals surface area contributed by atoms with Crippen molar-refractivity contribution in [3.8, 4) is 27.9 Å². The standard InChI is InChI=1S/C50H31FN2OS/c51-36-20-26-40(27-21-36)53-45-12-6-4-10-41(45)44-30-34(19-29-46(44)53)32-14-22-38(23-15-32)52(37-8-2-1-3-9-37)39-24-16-33(17-25-39)35-18-28-43-48(31-35)55-50-42-11-5-7-13-47(42)54-49(43)50/h1-31H. The van der Waals surface area contributed by atoms with Crippen molar-refractivity contribution in [2.45, 2.75) is 0 Å². The van der Waals surface area contributed by atoms with E-state index in [1.165, 1.54) is 38.0 Å². The molecular formula is C50H31FN2OS. The molecule has 8 aromatic carbocycles. The van der Waals surface area contributed by atoms with Crippen molar-refractivity contribution in [3.05, 3.63) is 194 Å². The molecule has 5 heteroatoms. The van der Waals surface area contributed by atoms with E-state index in [-0.39, 0.29) is 5.82 Å². The molecule has 0 aliphatic rings. The molecule has 3 heterocycles. The number of aromatic nitrogens is 1.